The van der Waals surface area contributed by atoms with E-state index in [9.17, 15) is 4.79 Å². The third-order valence-corrected chi connectivity index (χ3v) is 2.20. The van der Waals surface area contributed by atoms with Crippen molar-refractivity contribution in [3.63, 3.8) is 0 Å². The van der Waals surface area contributed by atoms with Crippen LogP contribution in [0.1, 0.15) is 37.8 Å². The first kappa shape index (κ1) is 12.7. The van der Waals surface area contributed by atoms with Crippen LogP contribution in [0.3, 0.4) is 0 Å². The Morgan fingerprint density at radius 3 is 3.00 bits per heavy atom. The number of aliphatic hydroxyl groups is 1. The molecule has 0 aliphatic heterocycles. The number of carbonyl (C=O) groups is 1. The standard InChI is InChI=1S/C11H18N2O3/c1-2-9-7-13-11(16-9)8-12-10(15)5-3-4-6-14/h7,14H,2-6,8H2,1H3,(H,12,15). The SMILES string of the molecule is CCc1cnc(CNC(=O)CCCCO)o1. The molecule has 0 atom stereocenters. The van der Waals surface area contributed by atoms with E-state index in [2.05, 4.69) is 10.3 Å². The number of aromatic nitrogens is 1. The van der Waals surface area contributed by atoms with Crippen LogP contribution in [0.4, 0.5) is 0 Å². The molecule has 0 bridgehead atoms. The molecule has 0 fully saturated rings. The Morgan fingerprint density at radius 2 is 2.38 bits per heavy atom. The van der Waals surface area contributed by atoms with Crippen LogP contribution in [-0.4, -0.2) is 22.6 Å². The molecule has 1 rings (SSSR count). The van der Waals surface area contributed by atoms with Gasteiger partial charge in [0.25, 0.3) is 0 Å². The number of oxazole rings is 1. The molecule has 5 heteroatoms. The first-order valence-corrected chi connectivity index (χ1v) is 5.57. The van der Waals surface area contributed by atoms with E-state index < -0.39 is 0 Å². The number of unbranched alkanes of at least 4 members (excludes halogenated alkanes) is 1. The van der Waals surface area contributed by atoms with Gasteiger partial charge < -0.3 is 14.8 Å². The average molecular weight is 226 g/mol. The summed E-state index contributed by atoms with van der Waals surface area (Å²) in [6, 6.07) is 0. The molecule has 5 nitrogen and oxygen atoms in total. The Hall–Kier alpha value is -1.36. The van der Waals surface area contributed by atoms with Crippen molar-refractivity contribution in [1.82, 2.24) is 10.3 Å². The molecule has 90 valence electrons. The van der Waals surface area contributed by atoms with Crippen molar-refractivity contribution in [2.75, 3.05) is 6.61 Å². The van der Waals surface area contributed by atoms with Gasteiger partial charge in [0.2, 0.25) is 11.8 Å². The predicted molar refractivity (Wildman–Crippen MR) is 58.7 cm³/mol. The molecule has 1 heterocycles. The number of aryl methyl sites for hydroxylation is 1. The van der Waals surface area contributed by atoms with Crippen LogP contribution in [0, 0.1) is 0 Å². The molecule has 0 radical (unpaired) electrons. The lowest BCUT2D eigenvalue weighted by Gasteiger charge is -2.01. The maximum atomic E-state index is 11.3. The number of hydrogen-bond acceptors (Lipinski definition) is 4. The van der Waals surface area contributed by atoms with Crippen molar-refractivity contribution in [3.8, 4) is 0 Å². The maximum absolute atomic E-state index is 11.3. The highest BCUT2D eigenvalue weighted by Gasteiger charge is 2.05. The first-order chi connectivity index (χ1) is 7.76. The molecule has 0 spiro atoms. The van der Waals surface area contributed by atoms with Gasteiger partial charge in [0, 0.05) is 19.4 Å². The molecule has 0 aromatic carbocycles. The third-order valence-electron chi connectivity index (χ3n) is 2.20. The predicted octanol–water partition coefficient (Wildman–Crippen LogP) is 1.02. The topological polar surface area (TPSA) is 75.4 Å². The van der Waals surface area contributed by atoms with E-state index in [0.29, 0.717) is 31.7 Å². The Bertz CT molecular complexity index is 323. The van der Waals surface area contributed by atoms with Gasteiger partial charge in [-0.25, -0.2) is 4.98 Å². The molecular weight excluding hydrogens is 208 g/mol. The molecule has 1 aromatic rings. The first-order valence-electron chi connectivity index (χ1n) is 5.57. The van der Waals surface area contributed by atoms with Gasteiger partial charge >= 0.3 is 0 Å². The Balaban J connectivity index is 2.20. The number of amides is 1. The lowest BCUT2D eigenvalue weighted by atomic mass is 10.2. The fraction of sp³-hybridized carbons (Fsp3) is 0.636. The summed E-state index contributed by atoms with van der Waals surface area (Å²) in [6.07, 6.45) is 4.27. The average Bonchev–Trinajstić information content (AvgIpc) is 2.74. The minimum Gasteiger partial charge on any atom is -0.444 e. The number of rotatable bonds is 7. The minimum absolute atomic E-state index is 0.0373. The molecular formula is C11H18N2O3. The lowest BCUT2D eigenvalue weighted by molar-refractivity contribution is -0.121. The highest BCUT2D eigenvalue weighted by molar-refractivity contribution is 5.75. The largest absolute Gasteiger partial charge is 0.444 e. The summed E-state index contributed by atoms with van der Waals surface area (Å²) >= 11 is 0. The van der Waals surface area contributed by atoms with Gasteiger partial charge in [-0.05, 0) is 12.8 Å². The molecule has 16 heavy (non-hydrogen) atoms. The number of nitrogens with zero attached hydrogens (tertiary/aromatic N) is 1. The van der Waals surface area contributed by atoms with E-state index >= 15 is 0 Å². The van der Waals surface area contributed by atoms with Gasteiger partial charge in [0.15, 0.2) is 0 Å². The normalized spacial score (nSPS) is 10.4. The zero-order chi connectivity index (χ0) is 11.8. The van der Waals surface area contributed by atoms with Crippen molar-refractivity contribution >= 4 is 5.91 Å². The molecule has 0 saturated heterocycles. The summed E-state index contributed by atoms with van der Waals surface area (Å²) in [4.78, 5) is 15.3. The van der Waals surface area contributed by atoms with Gasteiger partial charge in [-0.15, -0.1) is 0 Å². The minimum atomic E-state index is -0.0373. The maximum Gasteiger partial charge on any atom is 0.220 e. The summed E-state index contributed by atoms with van der Waals surface area (Å²) < 4.78 is 5.34. The summed E-state index contributed by atoms with van der Waals surface area (Å²) in [5.41, 5.74) is 0. The summed E-state index contributed by atoms with van der Waals surface area (Å²) in [6.45, 7) is 2.45. The van der Waals surface area contributed by atoms with E-state index in [-0.39, 0.29) is 12.5 Å². The van der Waals surface area contributed by atoms with Crippen LogP contribution in [0.2, 0.25) is 0 Å². The summed E-state index contributed by atoms with van der Waals surface area (Å²) in [5, 5.41) is 11.3. The van der Waals surface area contributed by atoms with Gasteiger partial charge in [-0.2, -0.15) is 0 Å². The van der Waals surface area contributed by atoms with Crippen LogP contribution in [0.15, 0.2) is 10.6 Å². The van der Waals surface area contributed by atoms with Gasteiger partial charge in [-0.1, -0.05) is 6.92 Å². The Morgan fingerprint density at radius 1 is 1.56 bits per heavy atom. The number of carbonyl (C=O) groups excluding carboxylic acids is 1. The highest BCUT2D eigenvalue weighted by atomic mass is 16.4. The second kappa shape index (κ2) is 7.00. The third kappa shape index (κ3) is 4.44. The van der Waals surface area contributed by atoms with Gasteiger partial charge in [-0.3, -0.25) is 4.79 Å². The van der Waals surface area contributed by atoms with Crippen LogP contribution >= 0.6 is 0 Å². The van der Waals surface area contributed by atoms with Crippen LogP contribution in [0.25, 0.3) is 0 Å². The van der Waals surface area contributed by atoms with E-state index in [1.54, 1.807) is 6.20 Å². The van der Waals surface area contributed by atoms with Gasteiger partial charge in [0.1, 0.15) is 5.76 Å². The van der Waals surface area contributed by atoms with E-state index in [0.717, 1.165) is 12.2 Å². The Labute approximate surface area is 94.9 Å². The van der Waals surface area contributed by atoms with E-state index in [1.807, 2.05) is 6.92 Å². The molecule has 0 saturated carbocycles. The summed E-state index contributed by atoms with van der Waals surface area (Å²) in [5.74, 6) is 1.32. The van der Waals surface area contributed by atoms with Crippen molar-refractivity contribution in [3.05, 3.63) is 17.8 Å². The number of nitrogens with one attached hydrogen (secondary N) is 1. The number of hydrogen-bond donors (Lipinski definition) is 2. The molecule has 0 aliphatic carbocycles. The summed E-state index contributed by atoms with van der Waals surface area (Å²) in [7, 11) is 0. The highest BCUT2D eigenvalue weighted by Crippen LogP contribution is 2.03. The van der Waals surface area contributed by atoms with Crippen molar-refractivity contribution in [1.29, 1.82) is 0 Å². The quantitative estimate of drug-likeness (QED) is 0.680. The van der Waals surface area contributed by atoms with Crippen molar-refractivity contribution < 1.29 is 14.3 Å². The van der Waals surface area contributed by atoms with Crippen molar-refractivity contribution in [2.45, 2.75) is 39.2 Å². The fourth-order valence-corrected chi connectivity index (χ4v) is 1.25. The van der Waals surface area contributed by atoms with Crippen LogP contribution in [-0.2, 0) is 17.8 Å². The zero-order valence-electron chi connectivity index (χ0n) is 9.53. The second-order valence-corrected chi connectivity index (χ2v) is 3.53. The Kier molecular flexibility index (Phi) is 5.56. The monoisotopic (exact) mass is 226 g/mol. The lowest BCUT2D eigenvalue weighted by Crippen LogP contribution is -2.22. The molecule has 2 N–H and O–H groups in total. The smallest absolute Gasteiger partial charge is 0.220 e. The molecule has 1 aromatic heterocycles. The van der Waals surface area contributed by atoms with E-state index in [4.69, 9.17) is 9.52 Å². The van der Waals surface area contributed by atoms with Crippen molar-refractivity contribution in [2.24, 2.45) is 0 Å². The van der Waals surface area contributed by atoms with E-state index in [1.165, 1.54) is 0 Å². The molecule has 0 aliphatic rings. The fourth-order valence-electron chi connectivity index (χ4n) is 1.25. The van der Waals surface area contributed by atoms with Gasteiger partial charge in [0.05, 0.1) is 12.7 Å². The van der Waals surface area contributed by atoms with Crippen LogP contribution in [0.5, 0.6) is 0 Å². The second-order valence-electron chi connectivity index (χ2n) is 3.53. The zero-order valence-corrected chi connectivity index (χ0v) is 9.53. The molecule has 1 amide bonds. The molecule has 0 unspecified atom stereocenters. The van der Waals surface area contributed by atoms with Crippen LogP contribution < -0.4 is 5.32 Å². The number of aliphatic hydroxyl groups excluding tert-OH is 1.